The van der Waals surface area contributed by atoms with Crippen LogP contribution in [0.15, 0.2) is 18.2 Å². The number of nitrogens with zero attached hydrogens (tertiary/aromatic N) is 2. The minimum atomic E-state index is -0.877. The summed E-state index contributed by atoms with van der Waals surface area (Å²) in [5.74, 6) is 2.49. The second-order valence-corrected chi connectivity index (χ2v) is 6.32. The van der Waals surface area contributed by atoms with E-state index in [9.17, 15) is 9.90 Å². The van der Waals surface area contributed by atoms with Gasteiger partial charge in [0.1, 0.15) is 5.82 Å². The number of aryl methyl sites for hydroxylation is 1. The van der Waals surface area contributed by atoms with Crippen molar-refractivity contribution in [2.45, 2.75) is 32.2 Å². The number of imidazole rings is 1. The van der Waals surface area contributed by atoms with E-state index in [0.717, 1.165) is 41.9 Å². The van der Waals surface area contributed by atoms with Crippen molar-refractivity contribution in [2.75, 3.05) is 11.5 Å². The Balaban J connectivity index is 2.17. The zero-order valence-corrected chi connectivity index (χ0v) is 12.3. The van der Waals surface area contributed by atoms with Gasteiger partial charge in [-0.15, -0.1) is 0 Å². The molecule has 2 aromatic rings. The third kappa shape index (κ3) is 2.30. The number of hydrogen-bond donors (Lipinski definition) is 1. The molecule has 106 valence electrons. The van der Waals surface area contributed by atoms with Crippen LogP contribution in [0.5, 0.6) is 0 Å². The lowest BCUT2D eigenvalue weighted by molar-refractivity contribution is 0.0697. The van der Waals surface area contributed by atoms with Crippen molar-refractivity contribution in [2.24, 2.45) is 0 Å². The van der Waals surface area contributed by atoms with E-state index >= 15 is 0 Å². The van der Waals surface area contributed by atoms with Crippen molar-refractivity contribution in [1.82, 2.24) is 9.55 Å². The van der Waals surface area contributed by atoms with Gasteiger partial charge in [0.2, 0.25) is 0 Å². The van der Waals surface area contributed by atoms with E-state index in [1.54, 1.807) is 12.1 Å². The normalized spacial score (nSPS) is 18.8. The number of benzene rings is 1. The Hall–Kier alpha value is -1.49. The van der Waals surface area contributed by atoms with Crippen LogP contribution >= 0.6 is 11.8 Å². The van der Waals surface area contributed by atoms with Gasteiger partial charge in [-0.2, -0.15) is 11.8 Å². The van der Waals surface area contributed by atoms with Gasteiger partial charge in [-0.05, 0) is 36.8 Å². The van der Waals surface area contributed by atoms with Crippen LogP contribution < -0.4 is 0 Å². The Kier molecular flexibility index (Phi) is 3.70. The van der Waals surface area contributed by atoms with Crippen molar-refractivity contribution in [1.29, 1.82) is 0 Å². The Morgan fingerprint density at radius 2 is 2.40 bits per heavy atom. The summed E-state index contributed by atoms with van der Waals surface area (Å²) < 4.78 is 2.28. The third-order valence-electron chi connectivity index (χ3n) is 3.75. The highest BCUT2D eigenvalue weighted by molar-refractivity contribution is 7.99. The quantitative estimate of drug-likeness (QED) is 0.938. The second kappa shape index (κ2) is 5.48. The van der Waals surface area contributed by atoms with Crippen molar-refractivity contribution < 1.29 is 9.90 Å². The number of carbonyl (C=O) groups is 1. The van der Waals surface area contributed by atoms with Crippen LogP contribution in [-0.4, -0.2) is 32.1 Å². The molecule has 5 heteroatoms. The predicted octanol–water partition coefficient (Wildman–Crippen LogP) is 3.37. The van der Waals surface area contributed by atoms with Gasteiger partial charge in [0.05, 0.1) is 16.6 Å². The highest BCUT2D eigenvalue weighted by Gasteiger charge is 2.23. The third-order valence-corrected chi connectivity index (χ3v) is 4.90. The first-order valence-corrected chi connectivity index (χ1v) is 8.18. The molecule has 20 heavy (non-hydrogen) atoms. The molecule has 0 bridgehead atoms. The van der Waals surface area contributed by atoms with E-state index in [1.807, 2.05) is 17.8 Å². The lowest BCUT2D eigenvalue weighted by Crippen LogP contribution is -2.12. The van der Waals surface area contributed by atoms with Gasteiger partial charge in [-0.3, -0.25) is 0 Å². The molecule has 2 heterocycles. The zero-order chi connectivity index (χ0) is 14.1. The number of rotatable bonds is 4. The molecule has 1 aliphatic rings. The van der Waals surface area contributed by atoms with Crippen LogP contribution in [0.3, 0.4) is 0 Å². The second-order valence-electron chi connectivity index (χ2n) is 5.17. The number of thioether (sulfide) groups is 1. The first-order chi connectivity index (χ1) is 9.70. The predicted molar refractivity (Wildman–Crippen MR) is 81.7 cm³/mol. The molecule has 4 nitrogen and oxygen atoms in total. The maximum Gasteiger partial charge on any atom is 0.335 e. The van der Waals surface area contributed by atoms with E-state index in [2.05, 4.69) is 11.5 Å². The van der Waals surface area contributed by atoms with Gasteiger partial charge in [-0.25, -0.2) is 9.78 Å². The monoisotopic (exact) mass is 290 g/mol. The Labute approximate surface area is 122 Å². The largest absolute Gasteiger partial charge is 0.478 e. The van der Waals surface area contributed by atoms with Gasteiger partial charge >= 0.3 is 5.97 Å². The molecule has 1 unspecified atom stereocenters. The summed E-state index contributed by atoms with van der Waals surface area (Å²) in [6.45, 7) is 2.15. The van der Waals surface area contributed by atoms with E-state index in [0.29, 0.717) is 11.6 Å². The molecule has 0 radical (unpaired) electrons. The van der Waals surface area contributed by atoms with Crippen LogP contribution in [0.2, 0.25) is 0 Å². The number of aromatic carboxylic acids is 1. The summed E-state index contributed by atoms with van der Waals surface area (Å²) in [7, 11) is 0. The van der Waals surface area contributed by atoms with Gasteiger partial charge in [0.15, 0.2) is 0 Å². The smallest absolute Gasteiger partial charge is 0.335 e. The molecular formula is C15H18N2O2S. The summed E-state index contributed by atoms with van der Waals surface area (Å²) in [4.78, 5) is 15.9. The number of carboxylic acids is 1. The fraction of sp³-hybridized carbons (Fsp3) is 0.467. The van der Waals surface area contributed by atoms with Crippen LogP contribution in [-0.2, 0) is 6.42 Å². The van der Waals surface area contributed by atoms with Gasteiger partial charge in [0, 0.05) is 18.2 Å². The first kappa shape index (κ1) is 13.5. The topological polar surface area (TPSA) is 55.1 Å². The first-order valence-electron chi connectivity index (χ1n) is 7.02. The molecule has 1 fully saturated rings. The van der Waals surface area contributed by atoms with E-state index in [4.69, 9.17) is 4.98 Å². The molecule has 3 rings (SSSR count). The number of carboxylic acid groups (broad SMARTS) is 1. The van der Waals surface area contributed by atoms with Crippen molar-refractivity contribution >= 4 is 28.8 Å². The molecule has 0 aliphatic carbocycles. The van der Waals surface area contributed by atoms with E-state index < -0.39 is 5.97 Å². The summed E-state index contributed by atoms with van der Waals surface area (Å²) in [6.07, 6.45) is 3.14. The highest BCUT2D eigenvalue weighted by atomic mass is 32.2. The Bertz CT molecular complexity index is 645. The fourth-order valence-corrected chi connectivity index (χ4v) is 4.00. The fourth-order valence-electron chi connectivity index (χ4n) is 2.81. The minimum absolute atomic E-state index is 0.340. The molecule has 1 atom stereocenters. The SMILES string of the molecule is CCCc1nc2ccc(C(=O)O)cc2n1C1CCSC1. The van der Waals surface area contributed by atoms with Gasteiger partial charge in [0.25, 0.3) is 0 Å². The molecule has 1 N–H and O–H groups in total. The summed E-state index contributed by atoms with van der Waals surface area (Å²) >= 11 is 1.96. The molecule has 1 aromatic heterocycles. The van der Waals surface area contributed by atoms with Crippen molar-refractivity contribution in [3.05, 3.63) is 29.6 Å². The molecule has 1 aromatic carbocycles. The van der Waals surface area contributed by atoms with Crippen LogP contribution in [0.25, 0.3) is 11.0 Å². The summed E-state index contributed by atoms with van der Waals surface area (Å²) in [6, 6.07) is 5.69. The average Bonchev–Trinajstić information content (AvgIpc) is 3.04. The maximum absolute atomic E-state index is 11.2. The minimum Gasteiger partial charge on any atom is -0.478 e. The average molecular weight is 290 g/mol. The molecule has 0 spiro atoms. The molecule has 1 aliphatic heterocycles. The molecule has 1 saturated heterocycles. The van der Waals surface area contributed by atoms with Crippen molar-refractivity contribution in [3.63, 3.8) is 0 Å². The van der Waals surface area contributed by atoms with Crippen LogP contribution in [0.4, 0.5) is 0 Å². The molecule has 0 amide bonds. The Morgan fingerprint density at radius 3 is 3.05 bits per heavy atom. The standard InChI is InChI=1S/C15H18N2O2S/c1-2-3-14-16-12-5-4-10(15(18)19)8-13(12)17(14)11-6-7-20-9-11/h4-5,8,11H,2-3,6-7,9H2,1H3,(H,18,19). The molecular weight excluding hydrogens is 272 g/mol. The number of hydrogen-bond acceptors (Lipinski definition) is 3. The van der Waals surface area contributed by atoms with Gasteiger partial charge < -0.3 is 9.67 Å². The van der Waals surface area contributed by atoms with Gasteiger partial charge in [-0.1, -0.05) is 6.92 Å². The lowest BCUT2D eigenvalue weighted by atomic mass is 10.2. The Morgan fingerprint density at radius 1 is 1.55 bits per heavy atom. The summed E-state index contributed by atoms with van der Waals surface area (Å²) in [5.41, 5.74) is 2.23. The zero-order valence-electron chi connectivity index (χ0n) is 11.5. The summed E-state index contributed by atoms with van der Waals surface area (Å²) in [5, 5.41) is 9.18. The van der Waals surface area contributed by atoms with Crippen molar-refractivity contribution in [3.8, 4) is 0 Å². The molecule has 0 saturated carbocycles. The maximum atomic E-state index is 11.2. The van der Waals surface area contributed by atoms with E-state index in [1.165, 1.54) is 5.75 Å². The lowest BCUT2D eigenvalue weighted by Gasteiger charge is -2.15. The van der Waals surface area contributed by atoms with E-state index in [-0.39, 0.29) is 0 Å². The highest BCUT2D eigenvalue weighted by Crippen LogP contribution is 2.33. The number of aromatic nitrogens is 2. The van der Waals surface area contributed by atoms with Crippen LogP contribution in [0.1, 0.15) is 42.0 Å². The van der Waals surface area contributed by atoms with Crippen LogP contribution in [0, 0.1) is 0 Å². The number of fused-ring (bicyclic) bond motifs is 1.